The average molecular weight is 379 g/mol. The summed E-state index contributed by atoms with van der Waals surface area (Å²) >= 11 is 0. The molecule has 28 heavy (non-hydrogen) atoms. The van der Waals surface area contributed by atoms with Gasteiger partial charge < -0.3 is 9.47 Å². The van der Waals surface area contributed by atoms with E-state index in [9.17, 15) is 14.4 Å². The Labute approximate surface area is 163 Å². The van der Waals surface area contributed by atoms with Gasteiger partial charge in [-0.25, -0.2) is 9.69 Å². The van der Waals surface area contributed by atoms with E-state index in [1.54, 1.807) is 48.5 Å². The van der Waals surface area contributed by atoms with E-state index in [2.05, 4.69) is 0 Å². The number of benzene rings is 2. The molecule has 2 aromatic carbocycles. The minimum atomic E-state index is -0.581. The third-order valence-corrected chi connectivity index (χ3v) is 5.46. The summed E-state index contributed by atoms with van der Waals surface area (Å²) in [6.07, 6.45) is 3.38. The summed E-state index contributed by atoms with van der Waals surface area (Å²) in [5, 5.41) is 0. The summed E-state index contributed by atoms with van der Waals surface area (Å²) in [6, 6.07) is 13.3. The van der Waals surface area contributed by atoms with Crippen LogP contribution in [0.4, 0.5) is 5.69 Å². The van der Waals surface area contributed by atoms with Gasteiger partial charge in [-0.2, -0.15) is 0 Å². The predicted molar refractivity (Wildman–Crippen MR) is 102 cm³/mol. The van der Waals surface area contributed by atoms with Crippen molar-refractivity contribution in [3.8, 4) is 11.5 Å². The molecule has 1 aliphatic carbocycles. The minimum absolute atomic E-state index is 0.190. The number of anilines is 1. The van der Waals surface area contributed by atoms with Crippen LogP contribution in [0.25, 0.3) is 0 Å². The Balaban J connectivity index is 1.63. The van der Waals surface area contributed by atoms with Gasteiger partial charge in [0.2, 0.25) is 11.8 Å². The first kappa shape index (κ1) is 18.2. The van der Waals surface area contributed by atoms with Gasteiger partial charge in [-0.1, -0.05) is 31.0 Å². The first-order valence-corrected chi connectivity index (χ1v) is 9.43. The highest BCUT2D eigenvalue weighted by molar-refractivity contribution is 6.22. The van der Waals surface area contributed by atoms with Gasteiger partial charge in [0, 0.05) is 0 Å². The topological polar surface area (TPSA) is 72.9 Å². The molecule has 0 aromatic heterocycles. The molecule has 2 fully saturated rings. The molecule has 6 heteroatoms. The SMILES string of the molecule is COc1cccc(C(=O)Oc2ccccc2N2C(=O)[C@H]3CCCC[C@@H]3C2=O)c1. The van der Waals surface area contributed by atoms with Crippen LogP contribution >= 0.6 is 0 Å². The molecule has 0 spiro atoms. The first-order chi connectivity index (χ1) is 13.6. The van der Waals surface area contributed by atoms with Gasteiger partial charge in [-0.3, -0.25) is 9.59 Å². The Morgan fingerprint density at radius 2 is 1.64 bits per heavy atom. The molecule has 2 amide bonds. The largest absolute Gasteiger partial charge is 0.497 e. The van der Waals surface area contributed by atoms with Crippen LogP contribution in [0.5, 0.6) is 11.5 Å². The number of imide groups is 1. The highest BCUT2D eigenvalue weighted by Gasteiger charge is 2.49. The maximum atomic E-state index is 12.9. The van der Waals surface area contributed by atoms with Crippen molar-refractivity contribution in [1.29, 1.82) is 0 Å². The smallest absolute Gasteiger partial charge is 0.343 e. The molecule has 1 aliphatic heterocycles. The quantitative estimate of drug-likeness (QED) is 0.461. The zero-order valence-electron chi connectivity index (χ0n) is 15.6. The standard InChI is InChI=1S/C22H21NO5/c1-27-15-8-6-7-14(13-15)22(26)28-19-12-5-4-11-18(19)23-20(24)16-9-2-3-10-17(16)21(23)25/h4-8,11-13,16-17H,2-3,9-10H2,1H3/t16-,17-/m0/s1. The number of amides is 2. The number of para-hydroxylation sites is 2. The van der Waals surface area contributed by atoms with Gasteiger partial charge in [-0.15, -0.1) is 0 Å². The molecule has 2 aliphatic rings. The van der Waals surface area contributed by atoms with Crippen molar-refractivity contribution in [2.75, 3.05) is 12.0 Å². The van der Waals surface area contributed by atoms with Crippen molar-refractivity contribution in [3.63, 3.8) is 0 Å². The van der Waals surface area contributed by atoms with Crippen LogP contribution in [0.15, 0.2) is 48.5 Å². The summed E-state index contributed by atoms with van der Waals surface area (Å²) in [7, 11) is 1.52. The molecule has 2 atom stereocenters. The summed E-state index contributed by atoms with van der Waals surface area (Å²) in [6.45, 7) is 0. The van der Waals surface area contributed by atoms with Crippen molar-refractivity contribution in [1.82, 2.24) is 0 Å². The van der Waals surface area contributed by atoms with Crippen molar-refractivity contribution in [2.45, 2.75) is 25.7 Å². The lowest BCUT2D eigenvalue weighted by atomic mass is 9.81. The van der Waals surface area contributed by atoms with Gasteiger partial charge in [0.25, 0.3) is 0 Å². The predicted octanol–water partition coefficient (Wildman–Crippen LogP) is 3.59. The van der Waals surface area contributed by atoms with E-state index in [4.69, 9.17) is 9.47 Å². The second kappa shape index (κ2) is 7.46. The number of nitrogens with zero attached hydrogens (tertiary/aromatic N) is 1. The average Bonchev–Trinajstić information content (AvgIpc) is 2.99. The highest BCUT2D eigenvalue weighted by Crippen LogP contribution is 2.42. The van der Waals surface area contributed by atoms with Gasteiger partial charge in [0.1, 0.15) is 5.75 Å². The van der Waals surface area contributed by atoms with Crippen LogP contribution in [0.3, 0.4) is 0 Å². The van der Waals surface area contributed by atoms with Gasteiger partial charge in [0.15, 0.2) is 5.75 Å². The summed E-state index contributed by atoms with van der Waals surface area (Å²) in [5.74, 6) is -0.763. The first-order valence-electron chi connectivity index (χ1n) is 9.43. The molecule has 0 unspecified atom stereocenters. The molecule has 0 N–H and O–H groups in total. The number of carbonyl (C=O) groups is 3. The Kier molecular flexibility index (Phi) is 4.86. The normalized spacial score (nSPS) is 21.4. The fourth-order valence-electron chi connectivity index (χ4n) is 4.04. The number of esters is 1. The number of ether oxygens (including phenoxy) is 2. The molecule has 1 heterocycles. The van der Waals surface area contributed by atoms with E-state index in [0.717, 1.165) is 25.7 Å². The van der Waals surface area contributed by atoms with Gasteiger partial charge in [0.05, 0.1) is 30.2 Å². The number of hydrogen-bond donors (Lipinski definition) is 0. The number of hydrogen-bond acceptors (Lipinski definition) is 5. The Morgan fingerprint density at radius 1 is 0.964 bits per heavy atom. The molecular formula is C22H21NO5. The number of carbonyl (C=O) groups excluding carboxylic acids is 3. The number of methoxy groups -OCH3 is 1. The van der Waals surface area contributed by atoms with E-state index in [1.807, 2.05) is 0 Å². The lowest BCUT2D eigenvalue weighted by molar-refractivity contribution is -0.122. The molecule has 4 rings (SSSR count). The molecule has 144 valence electrons. The molecule has 0 bridgehead atoms. The van der Waals surface area contributed by atoms with Crippen molar-refractivity contribution >= 4 is 23.5 Å². The Hall–Kier alpha value is -3.15. The lowest BCUT2D eigenvalue weighted by Crippen LogP contribution is -2.31. The Morgan fingerprint density at radius 3 is 2.32 bits per heavy atom. The highest BCUT2D eigenvalue weighted by atomic mass is 16.5. The van der Waals surface area contributed by atoms with E-state index >= 15 is 0 Å². The third kappa shape index (κ3) is 3.15. The van der Waals surface area contributed by atoms with E-state index in [1.165, 1.54) is 12.0 Å². The molecule has 1 saturated heterocycles. The van der Waals surface area contributed by atoms with Crippen LogP contribution in [0, 0.1) is 11.8 Å². The van der Waals surface area contributed by atoms with Crippen LogP contribution in [-0.4, -0.2) is 24.9 Å². The maximum absolute atomic E-state index is 12.9. The second-order valence-electron chi connectivity index (χ2n) is 7.10. The fourth-order valence-corrected chi connectivity index (χ4v) is 4.04. The van der Waals surface area contributed by atoms with Crippen LogP contribution in [0.1, 0.15) is 36.0 Å². The monoisotopic (exact) mass is 379 g/mol. The lowest BCUT2D eigenvalue weighted by Gasteiger charge is -2.19. The zero-order chi connectivity index (χ0) is 19.7. The molecule has 2 aromatic rings. The molecular weight excluding hydrogens is 358 g/mol. The summed E-state index contributed by atoms with van der Waals surface area (Å²) in [4.78, 5) is 39.6. The number of fused-ring (bicyclic) bond motifs is 1. The molecule has 1 saturated carbocycles. The van der Waals surface area contributed by atoms with Crippen LogP contribution in [-0.2, 0) is 9.59 Å². The van der Waals surface area contributed by atoms with E-state index in [-0.39, 0.29) is 29.4 Å². The second-order valence-corrected chi connectivity index (χ2v) is 7.10. The summed E-state index contributed by atoms with van der Waals surface area (Å²) < 4.78 is 10.7. The van der Waals surface area contributed by atoms with Crippen LogP contribution < -0.4 is 14.4 Å². The van der Waals surface area contributed by atoms with Gasteiger partial charge >= 0.3 is 5.97 Å². The fraction of sp³-hybridized carbons (Fsp3) is 0.318. The van der Waals surface area contributed by atoms with Crippen LogP contribution in [0.2, 0.25) is 0 Å². The molecule has 0 radical (unpaired) electrons. The van der Waals surface area contributed by atoms with Crippen molar-refractivity contribution in [3.05, 3.63) is 54.1 Å². The van der Waals surface area contributed by atoms with E-state index in [0.29, 0.717) is 17.0 Å². The van der Waals surface area contributed by atoms with E-state index < -0.39 is 5.97 Å². The minimum Gasteiger partial charge on any atom is -0.497 e. The van der Waals surface area contributed by atoms with Crippen molar-refractivity contribution < 1.29 is 23.9 Å². The zero-order valence-corrected chi connectivity index (χ0v) is 15.6. The maximum Gasteiger partial charge on any atom is 0.343 e. The Bertz CT molecular complexity index is 914. The molecule has 6 nitrogen and oxygen atoms in total. The third-order valence-electron chi connectivity index (χ3n) is 5.46. The van der Waals surface area contributed by atoms with Crippen molar-refractivity contribution in [2.24, 2.45) is 11.8 Å². The van der Waals surface area contributed by atoms with Gasteiger partial charge in [-0.05, 0) is 43.2 Å². The number of rotatable bonds is 4. The summed E-state index contributed by atoms with van der Waals surface area (Å²) in [5.41, 5.74) is 0.644.